The first-order valence-corrected chi connectivity index (χ1v) is 17.1. The van der Waals surface area contributed by atoms with Gasteiger partial charge in [-0.3, -0.25) is 0 Å². The predicted molar refractivity (Wildman–Crippen MR) is 210 cm³/mol. The van der Waals surface area contributed by atoms with E-state index in [2.05, 4.69) is 144 Å². The van der Waals surface area contributed by atoms with Crippen LogP contribution in [0.2, 0.25) is 0 Å². The summed E-state index contributed by atoms with van der Waals surface area (Å²) in [7, 11) is 0. The summed E-state index contributed by atoms with van der Waals surface area (Å²) in [5, 5.41) is 4.45. The number of hydrogen-bond acceptors (Lipinski definition) is 4. The number of benzene rings is 8. The maximum Gasteiger partial charge on any atom is 0.227 e. The van der Waals surface area contributed by atoms with Crippen molar-refractivity contribution in [2.45, 2.75) is 0 Å². The zero-order valence-corrected chi connectivity index (χ0v) is 27.5. The minimum absolute atomic E-state index is 0.590. The van der Waals surface area contributed by atoms with Gasteiger partial charge in [0.2, 0.25) is 5.89 Å². The standard InChI is InChI=1S/C47H30N2O2/c1-3-13-33(14-4-1)38-18-9-10-19-41(38)49(37-26-24-32(25-27-37)36-23-22-31-12-7-8-17-35(31)28-36)42-20-11-21-43-46(42)39-29-45-40(30-44(39)50-43)48-47(51-45)34-15-5-2-6-16-34/h1-30H. The highest BCUT2D eigenvalue weighted by Gasteiger charge is 2.23. The highest BCUT2D eigenvalue weighted by molar-refractivity contribution is 6.16. The van der Waals surface area contributed by atoms with Crippen LogP contribution in [0.15, 0.2) is 191 Å². The molecule has 2 heterocycles. The van der Waals surface area contributed by atoms with Gasteiger partial charge in [-0.2, -0.15) is 0 Å². The number of furan rings is 1. The molecule has 0 saturated carbocycles. The van der Waals surface area contributed by atoms with Crippen molar-refractivity contribution in [2.24, 2.45) is 0 Å². The minimum atomic E-state index is 0.590. The molecule has 0 unspecified atom stereocenters. The molecule has 4 nitrogen and oxygen atoms in total. The number of hydrogen-bond donors (Lipinski definition) is 0. The molecule has 0 aliphatic carbocycles. The lowest BCUT2D eigenvalue weighted by Gasteiger charge is -2.28. The van der Waals surface area contributed by atoms with Gasteiger partial charge in [-0.25, -0.2) is 4.98 Å². The molecule has 4 heteroatoms. The van der Waals surface area contributed by atoms with E-state index < -0.39 is 0 Å². The summed E-state index contributed by atoms with van der Waals surface area (Å²) >= 11 is 0. The van der Waals surface area contributed by atoms with Gasteiger partial charge in [0.25, 0.3) is 0 Å². The van der Waals surface area contributed by atoms with E-state index in [9.17, 15) is 0 Å². The fourth-order valence-electron chi connectivity index (χ4n) is 7.23. The third-order valence-corrected chi connectivity index (χ3v) is 9.68. The maximum absolute atomic E-state index is 6.56. The van der Waals surface area contributed by atoms with Crippen LogP contribution >= 0.6 is 0 Å². The summed E-state index contributed by atoms with van der Waals surface area (Å²) in [5.41, 5.74) is 11.7. The predicted octanol–water partition coefficient (Wildman–Crippen LogP) is 13.4. The second-order valence-electron chi connectivity index (χ2n) is 12.8. The quantitative estimate of drug-likeness (QED) is 0.179. The Morgan fingerprint density at radius 3 is 1.92 bits per heavy atom. The van der Waals surface area contributed by atoms with E-state index in [4.69, 9.17) is 13.8 Å². The van der Waals surface area contributed by atoms with Crippen LogP contribution in [0.4, 0.5) is 17.1 Å². The summed E-state index contributed by atoms with van der Waals surface area (Å²) in [5.74, 6) is 0.590. The Balaban J connectivity index is 1.17. The van der Waals surface area contributed by atoms with Crippen molar-refractivity contribution < 1.29 is 8.83 Å². The molecule has 0 N–H and O–H groups in total. The highest BCUT2D eigenvalue weighted by atomic mass is 16.4. The second kappa shape index (κ2) is 11.9. The van der Waals surface area contributed by atoms with Gasteiger partial charge in [0.05, 0.1) is 16.8 Å². The summed E-state index contributed by atoms with van der Waals surface area (Å²) in [6, 6.07) is 63.5. The van der Waals surface area contributed by atoms with Crippen LogP contribution in [0, 0.1) is 0 Å². The molecular formula is C47H30N2O2. The Bertz CT molecular complexity index is 2850. The van der Waals surface area contributed by atoms with Gasteiger partial charge in [-0.15, -0.1) is 0 Å². The van der Waals surface area contributed by atoms with E-state index in [1.807, 2.05) is 42.5 Å². The first-order chi connectivity index (χ1) is 25.3. The second-order valence-corrected chi connectivity index (χ2v) is 12.8. The molecule has 0 atom stereocenters. The number of oxazole rings is 1. The fraction of sp³-hybridized carbons (Fsp3) is 0. The maximum atomic E-state index is 6.56. The Hall–Kier alpha value is -6.91. The normalized spacial score (nSPS) is 11.5. The lowest BCUT2D eigenvalue weighted by molar-refractivity contribution is 0.620. The van der Waals surface area contributed by atoms with Crippen LogP contribution in [-0.4, -0.2) is 4.98 Å². The molecule has 240 valence electrons. The largest absolute Gasteiger partial charge is 0.456 e. The Kier molecular flexibility index (Phi) is 6.78. The van der Waals surface area contributed by atoms with Crippen LogP contribution in [0.5, 0.6) is 0 Å². The van der Waals surface area contributed by atoms with Gasteiger partial charge >= 0.3 is 0 Å². The zero-order valence-electron chi connectivity index (χ0n) is 27.5. The SMILES string of the molecule is c1ccc(-c2nc3cc4oc5cccc(N(c6ccc(-c7ccc8ccccc8c7)cc6)c6ccccc6-c6ccccc6)c5c4cc3o2)cc1. The summed E-state index contributed by atoms with van der Waals surface area (Å²) in [6.07, 6.45) is 0. The van der Waals surface area contributed by atoms with E-state index in [-0.39, 0.29) is 0 Å². The van der Waals surface area contributed by atoms with E-state index in [0.29, 0.717) is 5.89 Å². The fourth-order valence-corrected chi connectivity index (χ4v) is 7.23. The van der Waals surface area contributed by atoms with Gasteiger partial charge in [0.1, 0.15) is 16.7 Å². The zero-order chi connectivity index (χ0) is 33.7. The smallest absolute Gasteiger partial charge is 0.227 e. The molecule has 0 amide bonds. The molecule has 10 aromatic rings. The molecule has 0 bridgehead atoms. The first kappa shape index (κ1) is 29.0. The minimum Gasteiger partial charge on any atom is -0.456 e. The summed E-state index contributed by atoms with van der Waals surface area (Å²) in [4.78, 5) is 7.16. The molecule has 0 aliphatic heterocycles. The first-order valence-electron chi connectivity index (χ1n) is 17.1. The van der Waals surface area contributed by atoms with E-state index in [1.54, 1.807) is 0 Å². The van der Waals surface area contributed by atoms with Gasteiger partial charge in [-0.05, 0) is 82.1 Å². The topological polar surface area (TPSA) is 42.4 Å². The molecule has 10 rings (SSSR count). The number of aromatic nitrogens is 1. The number of fused-ring (bicyclic) bond motifs is 5. The lowest BCUT2D eigenvalue weighted by atomic mass is 9.99. The molecule has 8 aromatic carbocycles. The third kappa shape index (κ3) is 5.04. The summed E-state index contributed by atoms with van der Waals surface area (Å²) in [6.45, 7) is 0. The molecule has 0 radical (unpaired) electrons. The van der Waals surface area contributed by atoms with Crippen molar-refractivity contribution in [1.82, 2.24) is 4.98 Å². The van der Waals surface area contributed by atoms with E-state index in [0.717, 1.165) is 72.4 Å². The van der Waals surface area contributed by atoms with Gasteiger partial charge < -0.3 is 13.7 Å². The number of rotatable bonds is 6. The Morgan fingerprint density at radius 2 is 1.10 bits per heavy atom. The molecule has 0 saturated heterocycles. The molecular weight excluding hydrogens is 625 g/mol. The van der Waals surface area contributed by atoms with Crippen molar-refractivity contribution in [1.29, 1.82) is 0 Å². The van der Waals surface area contributed by atoms with Crippen molar-refractivity contribution in [3.8, 4) is 33.7 Å². The van der Waals surface area contributed by atoms with E-state index in [1.165, 1.54) is 16.3 Å². The van der Waals surface area contributed by atoms with Gasteiger partial charge in [-0.1, -0.05) is 121 Å². The molecule has 0 spiro atoms. The van der Waals surface area contributed by atoms with Crippen LogP contribution in [0.1, 0.15) is 0 Å². The number of anilines is 3. The van der Waals surface area contributed by atoms with Crippen LogP contribution in [0.3, 0.4) is 0 Å². The highest BCUT2D eigenvalue weighted by Crippen LogP contribution is 2.46. The molecule has 51 heavy (non-hydrogen) atoms. The van der Waals surface area contributed by atoms with Crippen molar-refractivity contribution >= 4 is 60.9 Å². The van der Waals surface area contributed by atoms with E-state index >= 15 is 0 Å². The van der Waals surface area contributed by atoms with Crippen molar-refractivity contribution in [3.05, 3.63) is 182 Å². The van der Waals surface area contributed by atoms with Crippen LogP contribution in [0.25, 0.3) is 77.5 Å². The molecule has 2 aromatic heterocycles. The van der Waals surface area contributed by atoms with Crippen LogP contribution in [-0.2, 0) is 0 Å². The average Bonchev–Trinajstić information content (AvgIpc) is 3.79. The number of nitrogens with zero attached hydrogens (tertiary/aromatic N) is 2. The van der Waals surface area contributed by atoms with Gasteiger partial charge in [0.15, 0.2) is 5.58 Å². The molecule has 0 fully saturated rings. The lowest BCUT2D eigenvalue weighted by Crippen LogP contribution is -2.11. The number of para-hydroxylation sites is 1. The summed E-state index contributed by atoms with van der Waals surface area (Å²) < 4.78 is 12.9. The average molecular weight is 655 g/mol. The van der Waals surface area contributed by atoms with Gasteiger partial charge in [0, 0.05) is 28.3 Å². The van der Waals surface area contributed by atoms with Crippen LogP contribution < -0.4 is 4.90 Å². The third-order valence-electron chi connectivity index (χ3n) is 9.68. The Labute approximate surface area is 294 Å². The monoisotopic (exact) mass is 654 g/mol. The van der Waals surface area contributed by atoms with Crippen molar-refractivity contribution in [3.63, 3.8) is 0 Å². The van der Waals surface area contributed by atoms with Crippen molar-refractivity contribution in [2.75, 3.05) is 4.90 Å². The Morgan fingerprint density at radius 1 is 0.412 bits per heavy atom. The molecule has 0 aliphatic rings.